The molecular formula is C51H90O6. The molecule has 57 heavy (non-hydrogen) atoms. The van der Waals surface area contributed by atoms with E-state index < -0.39 is 6.10 Å². The lowest BCUT2D eigenvalue weighted by Gasteiger charge is -2.18. The van der Waals surface area contributed by atoms with Gasteiger partial charge in [-0.05, 0) is 64.2 Å². The molecule has 0 fully saturated rings. The molecule has 1 unspecified atom stereocenters. The monoisotopic (exact) mass is 799 g/mol. The highest BCUT2D eigenvalue weighted by atomic mass is 16.6. The summed E-state index contributed by atoms with van der Waals surface area (Å²) in [4.78, 5) is 37.7. The Balaban J connectivity index is 4.37. The summed E-state index contributed by atoms with van der Waals surface area (Å²) in [6, 6.07) is 0. The molecule has 1 atom stereocenters. The first-order valence-electron chi connectivity index (χ1n) is 24.1. The quantitative estimate of drug-likeness (QED) is 0.0265. The Bertz CT molecular complexity index is 1010. The normalized spacial score (nSPS) is 12.4. The SMILES string of the molecule is CC/C=C\C/C=C\CCCCC(=O)OCC(COC(=O)CCCCCCCCCCCCCCCCCCC)OC(=O)CC/C=C\C/C=C\CCCCCCCC. The zero-order chi connectivity index (χ0) is 41.5. The number of allylic oxidation sites excluding steroid dienone is 8. The minimum absolute atomic E-state index is 0.104. The van der Waals surface area contributed by atoms with Gasteiger partial charge in [-0.15, -0.1) is 0 Å². The van der Waals surface area contributed by atoms with Crippen molar-refractivity contribution >= 4 is 17.9 Å². The molecule has 0 rings (SSSR count). The Morgan fingerprint density at radius 2 is 0.719 bits per heavy atom. The van der Waals surface area contributed by atoms with Crippen molar-refractivity contribution in [1.29, 1.82) is 0 Å². The molecule has 0 spiro atoms. The van der Waals surface area contributed by atoms with Crippen LogP contribution in [-0.4, -0.2) is 37.2 Å². The lowest BCUT2D eigenvalue weighted by molar-refractivity contribution is -0.166. The molecule has 0 amide bonds. The molecule has 0 aromatic heterocycles. The summed E-state index contributed by atoms with van der Waals surface area (Å²) < 4.78 is 16.6. The lowest BCUT2D eigenvalue weighted by atomic mass is 10.0. The van der Waals surface area contributed by atoms with Crippen molar-refractivity contribution in [2.45, 2.75) is 245 Å². The van der Waals surface area contributed by atoms with Crippen LogP contribution in [0.3, 0.4) is 0 Å². The van der Waals surface area contributed by atoms with E-state index >= 15 is 0 Å². The van der Waals surface area contributed by atoms with Crippen LogP contribution in [0.2, 0.25) is 0 Å². The van der Waals surface area contributed by atoms with Gasteiger partial charge in [0.15, 0.2) is 6.10 Å². The molecule has 0 saturated carbocycles. The Morgan fingerprint density at radius 1 is 0.368 bits per heavy atom. The largest absolute Gasteiger partial charge is 0.462 e. The van der Waals surface area contributed by atoms with Crippen LogP contribution in [-0.2, 0) is 28.6 Å². The number of carbonyl (C=O) groups excluding carboxylic acids is 3. The third kappa shape index (κ3) is 44.3. The molecule has 0 heterocycles. The fourth-order valence-electron chi connectivity index (χ4n) is 6.71. The van der Waals surface area contributed by atoms with E-state index in [1.165, 1.54) is 128 Å². The van der Waals surface area contributed by atoms with Gasteiger partial charge in [0.25, 0.3) is 0 Å². The van der Waals surface area contributed by atoms with E-state index in [0.29, 0.717) is 19.3 Å². The van der Waals surface area contributed by atoms with Gasteiger partial charge in [-0.3, -0.25) is 14.4 Å². The number of ether oxygens (including phenoxy) is 3. The van der Waals surface area contributed by atoms with Crippen LogP contribution >= 0.6 is 0 Å². The summed E-state index contributed by atoms with van der Waals surface area (Å²) in [5.74, 6) is -1.01. The molecule has 0 aliphatic carbocycles. The number of esters is 3. The first kappa shape index (κ1) is 54.4. The molecule has 6 heteroatoms. The second-order valence-corrected chi connectivity index (χ2v) is 16.0. The third-order valence-electron chi connectivity index (χ3n) is 10.3. The van der Waals surface area contributed by atoms with E-state index in [0.717, 1.165) is 64.2 Å². The average Bonchev–Trinajstić information content (AvgIpc) is 3.21. The third-order valence-corrected chi connectivity index (χ3v) is 10.3. The van der Waals surface area contributed by atoms with Gasteiger partial charge in [-0.2, -0.15) is 0 Å². The molecule has 0 aromatic carbocycles. The molecular weight excluding hydrogens is 709 g/mol. The van der Waals surface area contributed by atoms with Crippen molar-refractivity contribution in [3.63, 3.8) is 0 Å². The van der Waals surface area contributed by atoms with E-state index in [1.807, 2.05) is 6.08 Å². The van der Waals surface area contributed by atoms with E-state index in [2.05, 4.69) is 63.3 Å². The van der Waals surface area contributed by atoms with Gasteiger partial charge in [0.2, 0.25) is 0 Å². The number of unbranched alkanes of at least 4 members (excludes halogenated alkanes) is 24. The molecule has 0 aliphatic rings. The highest BCUT2D eigenvalue weighted by Crippen LogP contribution is 2.15. The van der Waals surface area contributed by atoms with Crippen LogP contribution in [0.25, 0.3) is 0 Å². The first-order valence-corrected chi connectivity index (χ1v) is 24.1. The zero-order valence-corrected chi connectivity index (χ0v) is 37.6. The predicted octanol–water partition coefficient (Wildman–Crippen LogP) is 15.5. The molecule has 6 nitrogen and oxygen atoms in total. The van der Waals surface area contributed by atoms with Gasteiger partial charge < -0.3 is 14.2 Å². The maximum absolute atomic E-state index is 12.7. The van der Waals surface area contributed by atoms with E-state index in [9.17, 15) is 14.4 Å². The van der Waals surface area contributed by atoms with Crippen LogP contribution < -0.4 is 0 Å². The van der Waals surface area contributed by atoms with Crippen LogP contribution in [0.15, 0.2) is 48.6 Å². The summed E-state index contributed by atoms with van der Waals surface area (Å²) in [5, 5.41) is 0. The van der Waals surface area contributed by atoms with Gasteiger partial charge in [0.05, 0.1) is 0 Å². The van der Waals surface area contributed by atoms with Crippen molar-refractivity contribution in [2.75, 3.05) is 13.2 Å². The molecule has 0 bridgehead atoms. The Hall–Kier alpha value is -2.63. The number of carbonyl (C=O) groups is 3. The molecule has 0 N–H and O–H groups in total. The van der Waals surface area contributed by atoms with Gasteiger partial charge >= 0.3 is 17.9 Å². The Kier molecular flexibility index (Phi) is 43.9. The number of hydrogen-bond acceptors (Lipinski definition) is 6. The highest BCUT2D eigenvalue weighted by Gasteiger charge is 2.19. The molecule has 0 aromatic rings. The molecule has 0 radical (unpaired) electrons. The van der Waals surface area contributed by atoms with E-state index in [4.69, 9.17) is 14.2 Å². The summed E-state index contributed by atoms with van der Waals surface area (Å²) >= 11 is 0. The predicted molar refractivity (Wildman–Crippen MR) is 242 cm³/mol. The van der Waals surface area contributed by atoms with E-state index in [1.54, 1.807) is 0 Å². The van der Waals surface area contributed by atoms with Crippen molar-refractivity contribution in [2.24, 2.45) is 0 Å². The van der Waals surface area contributed by atoms with Crippen molar-refractivity contribution in [3.8, 4) is 0 Å². The van der Waals surface area contributed by atoms with Crippen molar-refractivity contribution in [1.82, 2.24) is 0 Å². The fraction of sp³-hybridized carbons (Fsp3) is 0.784. The Morgan fingerprint density at radius 3 is 1.16 bits per heavy atom. The number of rotatable bonds is 43. The second kappa shape index (κ2) is 46.1. The summed E-state index contributed by atoms with van der Waals surface area (Å²) in [7, 11) is 0. The smallest absolute Gasteiger partial charge is 0.306 e. The molecule has 330 valence electrons. The van der Waals surface area contributed by atoms with Crippen LogP contribution in [0.1, 0.15) is 239 Å². The summed E-state index contributed by atoms with van der Waals surface area (Å²) in [6.07, 6.45) is 54.1. The maximum Gasteiger partial charge on any atom is 0.306 e. The lowest BCUT2D eigenvalue weighted by Crippen LogP contribution is -2.30. The van der Waals surface area contributed by atoms with Crippen molar-refractivity contribution < 1.29 is 28.6 Å². The highest BCUT2D eigenvalue weighted by molar-refractivity contribution is 5.71. The van der Waals surface area contributed by atoms with Gasteiger partial charge in [-0.25, -0.2) is 0 Å². The minimum atomic E-state index is -0.811. The fourth-order valence-corrected chi connectivity index (χ4v) is 6.71. The van der Waals surface area contributed by atoms with Gasteiger partial charge in [-0.1, -0.05) is 204 Å². The molecule has 0 aliphatic heterocycles. The first-order chi connectivity index (χ1) is 28.0. The van der Waals surface area contributed by atoms with Crippen LogP contribution in [0.4, 0.5) is 0 Å². The maximum atomic E-state index is 12.7. The van der Waals surface area contributed by atoms with Gasteiger partial charge in [0.1, 0.15) is 13.2 Å². The summed E-state index contributed by atoms with van der Waals surface area (Å²) in [6.45, 7) is 6.43. The van der Waals surface area contributed by atoms with E-state index in [-0.39, 0.29) is 37.5 Å². The average molecular weight is 799 g/mol. The minimum Gasteiger partial charge on any atom is -0.462 e. The standard InChI is InChI=1S/C51H90O6/c1-4-7-10-13-16-19-21-23-24-25-26-28-29-32-35-38-41-44-50(53)56-47-48(46-55-49(52)43-40-37-34-31-18-15-12-9-6-3)57-51(54)45-42-39-36-33-30-27-22-20-17-14-11-8-5-2/h9,12,18,27,30-31,36,39,48H,4-8,10-11,13-17,19-26,28-29,32-35,37-38,40-47H2,1-3H3/b12-9-,30-27-,31-18-,39-36-. The van der Waals surface area contributed by atoms with Crippen molar-refractivity contribution in [3.05, 3.63) is 48.6 Å². The summed E-state index contributed by atoms with van der Waals surface area (Å²) in [5.41, 5.74) is 0. The zero-order valence-electron chi connectivity index (χ0n) is 37.6. The molecule has 0 saturated heterocycles. The number of hydrogen-bond donors (Lipinski definition) is 0. The van der Waals surface area contributed by atoms with Gasteiger partial charge in [0, 0.05) is 19.3 Å². The Labute approximate surface area is 352 Å². The van der Waals surface area contributed by atoms with Crippen LogP contribution in [0.5, 0.6) is 0 Å². The van der Waals surface area contributed by atoms with Crippen LogP contribution in [0, 0.1) is 0 Å². The topological polar surface area (TPSA) is 78.9 Å². The second-order valence-electron chi connectivity index (χ2n) is 16.0.